The van der Waals surface area contributed by atoms with E-state index in [0.29, 0.717) is 18.1 Å². The lowest BCUT2D eigenvalue weighted by Gasteiger charge is -2.20. The second-order valence-corrected chi connectivity index (χ2v) is 4.10. The van der Waals surface area contributed by atoms with Crippen LogP contribution in [0, 0.1) is 5.92 Å². The lowest BCUT2D eigenvalue weighted by atomic mass is 9.96. The Hall–Kier alpha value is -0.120. The lowest BCUT2D eigenvalue weighted by molar-refractivity contribution is 0.0621. The number of rotatable bonds is 1. The molecule has 0 aromatic rings. The summed E-state index contributed by atoms with van der Waals surface area (Å²) in [6, 6.07) is 0.332. The van der Waals surface area contributed by atoms with E-state index < -0.39 is 0 Å². The Bertz CT molecular complexity index is 157. The minimum atomic E-state index is 0.332. The molecular formula is C9H18N2O. The Morgan fingerprint density at radius 2 is 2.25 bits per heavy atom. The Morgan fingerprint density at radius 1 is 1.42 bits per heavy atom. The van der Waals surface area contributed by atoms with E-state index in [1.807, 2.05) is 0 Å². The third-order valence-electron chi connectivity index (χ3n) is 3.04. The van der Waals surface area contributed by atoms with Crippen molar-refractivity contribution in [2.45, 2.75) is 25.0 Å². The molecule has 3 heteroatoms. The van der Waals surface area contributed by atoms with Gasteiger partial charge in [-0.1, -0.05) is 0 Å². The zero-order valence-corrected chi connectivity index (χ0v) is 7.70. The largest absolute Gasteiger partial charge is 0.378 e. The Labute approximate surface area is 73.9 Å². The molecule has 2 rings (SSSR count). The average molecular weight is 170 g/mol. The first-order valence-electron chi connectivity index (χ1n) is 4.83. The smallest absolute Gasteiger partial charge is 0.0631 e. The summed E-state index contributed by atoms with van der Waals surface area (Å²) in [5, 5.41) is 0. The molecule has 2 saturated heterocycles. The average Bonchev–Trinajstić information content (AvgIpc) is 2.58. The Balaban J connectivity index is 1.94. The van der Waals surface area contributed by atoms with E-state index in [1.165, 1.54) is 12.8 Å². The van der Waals surface area contributed by atoms with Crippen molar-refractivity contribution in [1.82, 2.24) is 4.90 Å². The van der Waals surface area contributed by atoms with Crippen molar-refractivity contribution >= 4 is 0 Å². The van der Waals surface area contributed by atoms with Gasteiger partial charge in [0.05, 0.1) is 6.10 Å². The van der Waals surface area contributed by atoms with Crippen LogP contribution in [0.25, 0.3) is 0 Å². The van der Waals surface area contributed by atoms with Gasteiger partial charge in [-0.25, -0.2) is 0 Å². The summed E-state index contributed by atoms with van der Waals surface area (Å²) in [5.41, 5.74) is 6.03. The Morgan fingerprint density at radius 3 is 2.75 bits per heavy atom. The van der Waals surface area contributed by atoms with E-state index in [1.54, 1.807) is 0 Å². The second-order valence-electron chi connectivity index (χ2n) is 4.10. The summed E-state index contributed by atoms with van der Waals surface area (Å²) in [6.45, 7) is 3.09. The molecule has 12 heavy (non-hydrogen) atoms. The number of likely N-dealkylation sites (tertiary alicyclic amines) is 1. The van der Waals surface area contributed by atoms with E-state index >= 15 is 0 Å². The third kappa shape index (κ3) is 1.49. The first-order valence-corrected chi connectivity index (χ1v) is 4.83. The number of nitrogens with zero attached hydrogens (tertiary/aromatic N) is 1. The fraction of sp³-hybridized carbons (Fsp3) is 1.00. The Kier molecular flexibility index (Phi) is 2.35. The van der Waals surface area contributed by atoms with Gasteiger partial charge < -0.3 is 15.4 Å². The highest BCUT2D eigenvalue weighted by atomic mass is 16.5. The van der Waals surface area contributed by atoms with Crippen LogP contribution < -0.4 is 5.73 Å². The summed E-state index contributed by atoms with van der Waals surface area (Å²) in [7, 11) is 2.13. The van der Waals surface area contributed by atoms with Crippen molar-refractivity contribution in [2.24, 2.45) is 11.7 Å². The molecule has 0 saturated carbocycles. The summed E-state index contributed by atoms with van der Waals surface area (Å²) < 4.78 is 5.65. The lowest BCUT2D eigenvalue weighted by Crippen LogP contribution is -2.36. The molecule has 0 aromatic heterocycles. The maximum absolute atomic E-state index is 6.03. The quantitative estimate of drug-likeness (QED) is 0.604. The van der Waals surface area contributed by atoms with Crippen LogP contribution in [0.4, 0.5) is 0 Å². The number of hydrogen-bond donors (Lipinski definition) is 1. The normalized spacial score (nSPS) is 44.0. The molecule has 3 atom stereocenters. The van der Waals surface area contributed by atoms with Crippen molar-refractivity contribution in [1.29, 1.82) is 0 Å². The van der Waals surface area contributed by atoms with E-state index in [0.717, 1.165) is 19.7 Å². The van der Waals surface area contributed by atoms with Crippen LogP contribution in [0.1, 0.15) is 12.8 Å². The van der Waals surface area contributed by atoms with Crippen molar-refractivity contribution in [3.05, 3.63) is 0 Å². The van der Waals surface area contributed by atoms with Gasteiger partial charge in [-0.3, -0.25) is 0 Å². The number of ether oxygens (including phenoxy) is 1. The summed E-state index contributed by atoms with van der Waals surface area (Å²) >= 11 is 0. The fourth-order valence-electron chi connectivity index (χ4n) is 2.40. The molecular weight excluding hydrogens is 152 g/mol. The van der Waals surface area contributed by atoms with Gasteiger partial charge in [0.2, 0.25) is 0 Å². The number of likely N-dealkylation sites (N-methyl/N-ethyl adjacent to an activating group) is 1. The molecule has 70 valence electrons. The molecule has 0 bridgehead atoms. The highest BCUT2D eigenvalue weighted by Crippen LogP contribution is 2.26. The number of nitrogens with two attached hydrogens (primary N) is 1. The molecule has 3 nitrogen and oxygen atoms in total. The van der Waals surface area contributed by atoms with Crippen LogP contribution in [0.3, 0.4) is 0 Å². The first-order chi connectivity index (χ1) is 5.77. The SMILES string of the molecule is CN1CC(N)C(C2CCCO2)C1. The molecule has 2 heterocycles. The third-order valence-corrected chi connectivity index (χ3v) is 3.04. The van der Waals surface area contributed by atoms with Crippen LogP contribution in [0.15, 0.2) is 0 Å². The van der Waals surface area contributed by atoms with E-state index in [-0.39, 0.29) is 0 Å². The minimum absolute atomic E-state index is 0.332. The second kappa shape index (κ2) is 3.32. The van der Waals surface area contributed by atoms with Gasteiger partial charge in [-0.15, -0.1) is 0 Å². The van der Waals surface area contributed by atoms with Gasteiger partial charge >= 0.3 is 0 Å². The monoisotopic (exact) mass is 170 g/mol. The zero-order chi connectivity index (χ0) is 8.55. The van der Waals surface area contributed by atoms with E-state index in [2.05, 4.69) is 11.9 Å². The predicted molar refractivity (Wildman–Crippen MR) is 47.9 cm³/mol. The molecule has 2 N–H and O–H groups in total. The highest BCUT2D eigenvalue weighted by Gasteiger charge is 2.36. The molecule has 0 spiro atoms. The summed E-state index contributed by atoms with van der Waals surface area (Å²) in [4.78, 5) is 2.30. The van der Waals surface area contributed by atoms with Gasteiger partial charge in [0, 0.05) is 31.7 Å². The van der Waals surface area contributed by atoms with Gasteiger partial charge in [-0.05, 0) is 19.9 Å². The molecule has 0 radical (unpaired) electrons. The standard InChI is InChI=1S/C9H18N2O/c1-11-5-7(8(10)6-11)9-3-2-4-12-9/h7-9H,2-6,10H2,1H3. The number of hydrogen-bond acceptors (Lipinski definition) is 3. The highest BCUT2D eigenvalue weighted by molar-refractivity contribution is 4.91. The van der Waals surface area contributed by atoms with Gasteiger partial charge in [0.1, 0.15) is 0 Å². The van der Waals surface area contributed by atoms with Gasteiger partial charge in [0.15, 0.2) is 0 Å². The zero-order valence-electron chi connectivity index (χ0n) is 7.70. The molecule has 0 aromatic carbocycles. The van der Waals surface area contributed by atoms with Crippen LogP contribution >= 0.6 is 0 Å². The van der Waals surface area contributed by atoms with Gasteiger partial charge in [0.25, 0.3) is 0 Å². The van der Waals surface area contributed by atoms with Crippen LogP contribution in [0.5, 0.6) is 0 Å². The topological polar surface area (TPSA) is 38.5 Å². The molecule has 3 unspecified atom stereocenters. The van der Waals surface area contributed by atoms with Crippen LogP contribution in [0.2, 0.25) is 0 Å². The van der Waals surface area contributed by atoms with E-state index in [4.69, 9.17) is 10.5 Å². The molecule has 0 amide bonds. The maximum Gasteiger partial charge on any atom is 0.0631 e. The van der Waals surface area contributed by atoms with Crippen molar-refractivity contribution in [3.8, 4) is 0 Å². The maximum atomic E-state index is 6.03. The van der Waals surface area contributed by atoms with Crippen molar-refractivity contribution in [3.63, 3.8) is 0 Å². The van der Waals surface area contributed by atoms with E-state index in [9.17, 15) is 0 Å². The molecule has 0 aliphatic carbocycles. The minimum Gasteiger partial charge on any atom is -0.378 e. The molecule has 2 aliphatic rings. The van der Waals surface area contributed by atoms with Crippen LogP contribution in [-0.4, -0.2) is 43.8 Å². The first kappa shape index (κ1) is 8.48. The van der Waals surface area contributed by atoms with Gasteiger partial charge in [-0.2, -0.15) is 0 Å². The predicted octanol–water partition coefficient (Wildman–Crippen LogP) is 0.0543. The summed E-state index contributed by atoms with van der Waals surface area (Å²) in [5.74, 6) is 0.581. The van der Waals surface area contributed by atoms with Crippen molar-refractivity contribution in [2.75, 3.05) is 26.7 Å². The molecule has 2 fully saturated rings. The van der Waals surface area contributed by atoms with Crippen LogP contribution in [-0.2, 0) is 4.74 Å². The van der Waals surface area contributed by atoms with Crippen molar-refractivity contribution < 1.29 is 4.74 Å². The molecule has 2 aliphatic heterocycles. The summed E-state index contributed by atoms with van der Waals surface area (Å²) in [6.07, 6.45) is 2.88. The fourth-order valence-corrected chi connectivity index (χ4v) is 2.40.